The van der Waals surface area contributed by atoms with Gasteiger partial charge in [-0.25, -0.2) is 4.79 Å². The van der Waals surface area contributed by atoms with Crippen LogP contribution in [0.3, 0.4) is 0 Å². The molecule has 0 unspecified atom stereocenters. The quantitative estimate of drug-likeness (QED) is 0.438. The molecule has 0 saturated heterocycles. The van der Waals surface area contributed by atoms with E-state index in [1.807, 2.05) is 0 Å². The van der Waals surface area contributed by atoms with Crippen molar-refractivity contribution in [3.05, 3.63) is 12.2 Å². The molecular weight excluding hydrogens is 285 g/mol. The number of carboxylic acids is 1. The molecule has 5 heteroatoms. The molecule has 0 heterocycles. The van der Waals surface area contributed by atoms with Crippen LogP contribution in [-0.4, -0.2) is 72.5 Å². The van der Waals surface area contributed by atoms with E-state index in [1.165, 1.54) is 0 Å². The minimum atomic E-state index is -1.08. The number of carbonyl (C=O) groups excluding carboxylic acids is 1. The second kappa shape index (κ2) is 7.88. The summed E-state index contributed by atoms with van der Waals surface area (Å²) in [7, 11) is 0. The van der Waals surface area contributed by atoms with Gasteiger partial charge in [-0.1, -0.05) is 6.58 Å². The van der Waals surface area contributed by atoms with Crippen molar-refractivity contribution >= 4 is 60.8 Å². The minimum absolute atomic E-state index is 0. The average molecular weight is 297 g/mol. The van der Waals surface area contributed by atoms with E-state index in [9.17, 15) is 9.59 Å². The first kappa shape index (κ1) is 14.8. The Balaban J connectivity index is 0. The van der Waals surface area contributed by atoms with E-state index < -0.39 is 11.9 Å². The molecule has 0 aromatic carbocycles. The maximum atomic E-state index is 10.7. The van der Waals surface area contributed by atoms with E-state index in [4.69, 9.17) is 5.11 Å². The Bertz CT molecular complexity index is 188. The van der Waals surface area contributed by atoms with Crippen LogP contribution < -0.4 is 0 Å². The zero-order chi connectivity index (χ0) is 8.85. The van der Waals surface area contributed by atoms with Crippen molar-refractivity contribution in [3.63, 3.8) is 0 Å². The van der Waals surface area contributed by atoms with E-state index in [2.05, 4.69) is 11.3 Å². The molecule has 0 amide bonds. The van der Waals surface area contributed by atoms with E-state index in [1.54, 1.807) is 6.92 Å². The summed E-state index contributed by atoms with van der Waals surface area (Å²) in [4.78, 5) is 20.7. The molecule has 0 saturated carbocycles. The molecule has 0 radical (unpaired) electrons. The first-order valence-corrected chi connectivity index (χ1v) is 3.14. The normalized spacial score (nSPS) is 8.08. The van der Waals surface area contributed by atoms with Gasteiger partial charge in [-0.05, 0) is 6.92 Å². The van der Waals surface area contributed by atoms with Crippen LogP contribution in [-0.2, 0) is 14.3 Å². The summed E-state index contributed by atoms with van der Waals surface area (Å²) >= 11 is 0. The monoisotopic (exact) mass is 298 g/mol. The van der Waals surface area contributed by atoms with E-state index in [0.29, 0.717) is 0 Å². The fourth-order valence-electron chi connectivity index (χ4n) is 0.488. The summed E-state index contributed by atoms with van der Waals surface area (Å²) in [5.41, 5.74) is -0.0284. The number of ether oxygens (including phenoxy) is 1. The molecule has 0 fully saturated rings. The molecule has 0 bridgehead atoms. The van der Waals surface area contributed by atoms with Gasteiger partial charge in [0.2, 0.25) is 0 Å². The zero-order valence-electron chi connectivity index (χ0n) is 6.29. The Labute approximate surface area is 111 Å². The van der Waals surface area contributed by atoms with Crippen molar-refractivity contribution in [3.8, 4) is 0 Å². The van der Waals surface area contributed by atoms with Crippen LogP contribution in [0.1, 0.15) is 13.3 Å². The molecule has 4 nitrogen and oxygen atoms in total. The van der Waals surface area contributed by atoms with Gasteiger partial charge < -0.3 is 9.84 Å². The van der Waals surface area contributed by atoms with Gasteiger partial charge in [-0.15, -0.1) is 0 Å². The van der Waals surface area contributed by atoms with Crippen LogP contribution in [0.25, 0.3) is 0 Å². The van der Waals surface area contributed by atoms with Gasteiger partial charge in [0, 0.05) is 5.57 Å². The van der Waals surface area contributed by atoms with Gasteiger partial charge in [-0.3, -0.25) is 4.79 Å². The first-order chi connectivity index (χ1) is 5.07. The van der Waals surface area contributed by atoms with Gasteiger partial charge >= 0.3 is 60.8 Å². The summed E-state index contributed by atoms with van der Waals surface area (Å²) in [6.07, 6.45) is -0.362. The van der Waals surface area contributed by atoms with Crippen molar-refractivity contribution in [1.82, 2.24) is 0 Å². The van der Waals surface area contributed by atoms with Crippen LogP contribution in [0.2, 0.25) is 0 Å². The average Bonchev–Trinajstić information content (AvgIpc) is 1.86. The van der Waals surface area contributed by atoms with Crippen molar-refractivity contribution in [2.45, 2.75) is 13.3 Å². The number of hydrogen-bond acceptors (Lipinski definition) is 3. The van der Waals surface area contributed by atoms with Gasteiger partial charge in [0.1, 0.15) is 0 Å². The molecule has 66 valence electrons. The molecule has 0 aliphatic carbocycles. The number of aliphatic carboxylic acids is 1. The molecule has 0 aromatic rings. The molecule has 0 atom stereocenters. The third-order valence-corrected chi connectivity index (χ3v) is 0.929. The third-order valence-electron chi connectivity index (χ3n) is 0.929. The second-order valence-corrected chi connectivity index (χ2v) is 1.89. The number of rotatable bonds is 4. The predicted octanol–water partition coefficient (Wildman–Crippen LogP) is -0.336. The SMILES string of the molecule is C=C(CC(=O)O)C(=O)OCC.[BaH2]. The molecule has 0 aromatic heterocycles. The van der Waals surface area contributed by atoms with Crippen LogP contribution in [0.15, 0.2) is 12.2 Å². The van der Waals surface area contributed by atoms with Crippen molar-refractivity contribution in [1.29, 1.82) is 0 Å². The van der Waals surface area contributed by atoms with Gasteiger partial charge in [-0.2, -0.15) is 0 Å². The van der Waals surface area contributed by atoms with Gasteiger partial charge in [0.05, 0.1) is 13.0 Å². The predicted molar refractivity (Wildman–Crippen MR) is 46.6 cm³/mol. The van der Waals surface area contributed by atoms with Gasteiger partial charge in [0.25, 0.3) is 0 Å². The molecule has 1 N–H and O–H groups in total. The number of hydrogen-bond donors (Lipinski definition) is 1. The summed E-state index contributed by atoms with van der Waals surface area (Å²) < 4.78 is 4.50. The third kappa shape index (κ3) is 6.93. The zero-order valence-corrected chi connectivity index (χ0v) is 6.29. The van der Waals surface area contributed by atoms with E-state index in [-0.39, 0.29) is 67.5 Å². The number of esters is 1. The van der Waals surface area contributed by atoms with Crippen molar-refractivity contribution in [2.75, 3.05) is 6.61 Å². The van der Waals surface area contributed by atoms with Crippen LogP contribution in [0.4, 0.5) is 0 Å². The Kier molecular flexibility index (Phi) is 9.69. The van der Waals surface area contributed by atoms with Gasteiger partial charge in [0.15, 0.2) is 0 Å². The molecule has 0 aliphatic rings. The summed E-state index contributed by atoms with van der Waals surface area (Å²) in [5.74, 6) is -1.72. The molecule has 0 spiro atoms. The molecule has 0 rings (SSSR count). The van der Waals surface area contributed by atoms with E-state index >= 15 is 0 Å². The fourth-order valence-corrected chi connectivity index (χ4v) is 0.488. The van der Waals surface area contributed by atoms with Crippen LogP contribution >= 0.6 is 0 Å². The van der Waals surface area contributed by atoms with Crippen LogP contribution in [0, 0.1) is 0 Å². The van der Waals surface area contributed by atoms with Crippen molar-refractivity contribution in [2.24, 2.45) is 0 Å². The first-order valence-electron chi connectivity index (χ1n) is 3.14. The summed E-state index contributed by atoms with van der Waals surface area (Å²) in [6.45, 7) is 5.14. The Morgan fingerprint density at radius 1 is 1.50 bits per heavy atom. The molecule has 12 heavy (non-hydrogen) atoms. The van der Waals surface area contributed by atoms with E-state index in [0.717, 1.165) is 0 Å². The topological polar surface area (TPSA) is 63.6 Å². The molecule has 0 aliphatic heterocycles. The molecular formula is C7H12BaO4. The Hall–Kier alpha value is 0.251. The second-order valence-electron chi connectivity index (χ2n) is 1.89. The number of carboxylic acid groups (broad SMARTS) is 1. The van der Waals surface area contributed by atoms with Crippen LogP contribution in [0.5, 0.6) is 0 Å². The summed E-state index contributed by atoms with van der Waals surface area (Å²) in [6, 6.07) is 0. The fraction of sp³-hybridized carbons (Fsp3) is 0.429. The Morgan fingerprint density at radius 3 is 2.33 bits per heavy atom. The summed E-state index contributed by atoms with van der Waals surface area (Å²) in [5, 5.41) is 8.23. The Morgan fingerprint density at radius 2 is 2.00 bits per heavy atom. The standard InChI is InChI=1S/C7H10O4.Ba.2H/c1-3-11-7(10)5(2)4-6(8)9;;;/h2-4H2,1H3,(H,8,9);;;. The maximum absolute atomic E-state index is 10.7. The number of carbonyl (C=O) groups is 2. The van der Waals surface area contributed by atoms with Crippen molar-refractivity contribution < 1.29 is 19.4 Å².